The van der Waals surface area contributed by atoms with Gasteiger partial charge in [0.2, 0.25) is 0 Å². The average Bonchev–Trinajstić information content (AvgIpc) is 2.16. The summed E-state index contributed by atoms with van der Waals surface area (Å²) in [4.78, 5) is 15.1. The zero-order chi connectivity index (χ0) is 12.8. The van der Waals surface area contributed by atoms with Crippen molar-refractivity contribution >= 4 is 5.97 Å². The molecule has 0 aromatic rings. The van der Waals surface area contributed by atoms with Crippen LogP contribution in [0.15, 0.2) is 24.8 Å². The van der Waals surface area contributed by atoms with Crippen molar-refractivity contribution in [1.82, 2.24) is 0 Å². The standard InChI is InChI=1S/C12H20O4/c1-6-12(5,15-10(2)13)9-7-8-11(3,4)16-14/h6-8,14H,1,9H2,2-5H3. The van der Waals surface area contributed by atoms with Crippen LogP contribution in [0.4, 0.5) is 0 Å². The van der Waals surface area contributed by atoms with Crippen molar-refractivity contribution < 1.29 is 19.7 Å². The van der Waals surface area contributed by atoms with Crippen LogP contribution >= 0.6 is 0 Å². The molecule has 0 aromatic carbocycles. The lowest BCUT2D eigenvalue weighted by Crippen LogP contribution is -2.28. The third kappa shape index (κ3) is 5.68. The van der Waals surface area contributed by atoms with Gasteiger partial charge in [-0.15, -0.1) is 0 Å². The SMILES string of the molecule is C=CC(C)(CC=CC(C)(C)OO)OC(C)=O. The summed E-state index contributed by atoms with van der Waals surface area (Å²) in [5.74, 6) is -0.353. The molecule has 1 unspecified atom stereocenters. The molecule has 0 bridgehead atoms. The molecule has 16 heavy (non-hydrogen) atoms. The molecule has 0 amide bonds. The highest BCUT2D eigenvalue weighted by Gasteiger charge is 2.22. The Balaban J connectivity index is 4.45. The Morgan fingerprint density at radius 1 is 1.44 bits per heavy atom. The largest absolute Gasteiger partial charge is 0.455 e. The number of carbonyl (C=O) groups excluding carboxylic acids is 1. The second-order valence-electron chi connectivity index (χ2n) is 4.41. The molecule has 92 valence electrons. The molecule has 0 saturated carbocycles. The van der Waals surface area contributed by atoms with Crippen molar-refractivity contribution in [2.24, 2.45) is 0 Å². The summed E-state index contributed by atoms with van der Waals surface area (Å²) in [6.07, 6.45) is 5.52. The lowest BCUT2D eigenvalue weighted by Gasteiger charge is -2.24. The predicted molar refractivity (Wildman–Crippen MR) is 61.9 cm³/mol. The van der Waals surface area contributed by atoms with E-state index in [1.807, 2.05) is 0 Å². The van der Waals surface area contributed by atoms with E-state index in [0.29, 0.717) is 6.42 Å². The first-order valence-electron chi connectivity index (χ1n) is 5.08. The molecular formula is C12H20O4. The molecule has 0 radical (unpaired) electrons. The Morgan fingerprint density at radius 2 is 2.00 bits per heavy atom. The molecule has 1 atom stereocenters. The Hall–Kier alpha value is -1.13. The van der Waals surface area contributed by atoms with Crippen LogP contribution < -0.4 is 0 Å². The Labute approximate surface area is 96.5 Å². The second kappa shape index (κ2) is 5.82. The van der Waals surface area contributed by atoms with E-state index in [-0.39, 0.29) is 5.97 Å². The number of carbonyl (C=O) groups is 1. The van der Waals surface area contributed by atoms with Crippen molar-refractivity contribution in [3.05, 3.63) is 24.8 Å². The van der Waals surface area contributed by atoms with E-state index < -0.39 is 11.2 Å². The summed E-state index contributed by atoms with van der Waals surface area (Å²) in [7, 11) is 0. The first-order valence-corrected chi connectivity index (χ1v) is 5.08. The summed E-state index contributed by atoms with van der Waals surface area (Å²) >= 11 is 0. The monoisotopic (exact) mass is 228 g/mol. The molecule has 0 aliphatic rings. The lowest BCUT2D eigenvalue weighted by molar-refractivity contribution is -0.297. The van der Waals surface area contributed by atoms with Crippen molar-refractivity contribution in [3.8, 4) is 0 Å². The first-order chi connectivity index (χ1) is 7.24. The fraction of sp³-hybridized carbons (Fsp3) is 0.583. The van der Waals surface area contributed by atoms with Gasteiger partial charge in [0, 0.05) is 13.3 Å². The quantitative estimate of drug-likeness (QED) is 0.329. The van der Waals surface area contributed by atoms with Crippen LogP contribution in [0.5, 0.6) is 0 Å². The first kappa shape index (κ1) is 14.9. The lowest BCUT2D eigenvalue weighted by atomic mass is 10.00. The van der Waals surface area contributed by atoms with Crippen LogP contribution in [0.1, 0.15) is 34.1 Å². The summed E-state index contributed by atoms with van der Waals surface area (Å²) in [5, 5.41) is 8.57. The molecule has 0 saturated heterocycles. The van der Waals surface area contributed by atoms with Gasteiger partial charge in [-0.1, -0.05) is 18.7 Å². The molecule has 0 aliphatic carbocycles. The van der Waals surface area contributed by atoms with Gasteiger partial charge in [0.05, 0.1) is 0 Å². The normalized spacial score (nSPS) is 15.8. The van der Waals surface area contributed by atoms with Gasteiger partial charge in [0.1, 0.15) is 11.2 Å². The van der Waals surface area contributed by atoms with Gasteiger partial charge in [-0.2, -0.15) is 0 Å². The van der Waals surface area contributed by atoms with Crippen LogP contribution in [0.3, 0.4) is 0 Å². The van der Waals surface area contributed by atoms with Crippen molar-refractivity contribution in [1.29, 1.82) is 0 Å². The van der Waals surface area contributed by atoms with E-state index >= 15 is 0 Å². The molecule has 0 fully saturated rings. The minimum atomic E-state index is -0.752. The second-order valence-corrected chi connectivity index (χ2v) is 4.41. The van der Waals surface area contributed by atoms with Gasteiger partial charge < -0.3 is 4.74 Å². The van der Waals surface area contributed by atoms with Crippen LogP contribution in [0.2, 0.25) is 0 Å². The molecule has 0 rings (SSSR count). The fourth-order valence-corrected chi connectivity index (χ4v) is 1.10. The summed E-state index contributed by atoms with van der Waals surface area (Å²) in [5.41, 5.74) is -1.48. The highest BCUT2D eigenvalue weighted by molar-refractivity contribution is 5.66. The zero-order valence-electron chi connectivity index (χ0n) is 10.3. The molecule has 1 N–H and O–H groups in total. The van der Waals surface area contributed by atoms with E-state index in [2.05, 4.69) is 11.5 Å². The van der Waals surface area contributed by atoms with E-state index in [1.165, 1.54) is 6.92 Å². The smallest absolute Gasteiger partial charge is 0.303 e. The summed E-state index contributed by atoms with van der Waals surface area (Å²) < 4.78 is 5.12. The van der Waals surface area contributed by atoms with E-state index in [0.717, 1.165) is 0 Å². The Bertz CT molecular complexity index is 281. The summed E-state index contributed by atoms with van der Waals surface area (Å²) in [6, 6.07) is 0. The Morgan fingerprint density at radius 3 is 2.38 bits per heavy atom. The zero-order valence-corrected chi connectivity index (χ0v) is 10.3. The average molecular weight is 228 g/mol. The minimum absolute atomic E-state index is 0.353. The molecule has 4 nitrogen and oxygen atoms in total. The third-order valence-electron chi connectivity index (χ3n) is 2.09. The van der Waals surface area contributed by atoms with Crippen LogP contribution in [0.25, 0.3) is 0 Å². The van der Waals surface area contributed by atoms with Gasteiger partial charge in [0.25, 0.3) is 0 Å². The van der Waals surface area contributed by atoms with Gasteiger partial charge in [-0.05, 0) is 26.8 Å². The molecule has 4 heteroatoms. The fourth-order valence-electron chi connectivity index (χ4n) is 1.10. The van der Waals surface area contributed by atoms with Crippen molar-refractivity contribution in [2.45, 2.75) is 45.3 Å². The van der Waals surface area contributed by atoms with Gasteiger partial charge in [0.15, 0.2) is 0 Å². The summed E-state index contributed by atoms with van der Waals surface area (Å²) in [6.45, 7) is 10.2. The number of hydrogen-bond donors (Lipinski definition) is 1. The van der Waals surface area contributed by atoms with E-state index in [9.17, 15) is 4.79 Å². The number of hydrogen-bond acceptors (Lipinski definition) is 4. The van der Waals surface area contributed by atoms with Crippen LogP contribution in [-0.4, -0.2) is 22.4 Å². The molecule has 0 aliphatic heterocycles. The van der Waals surface area contributed by atoms with Gasteiger partial charge >= 0.3 is 5.97 Å². The Kier molecular flexibility index (Phi) is 5.41. The molecule has 0 spiro atoms. The highest BCUT2D eigenvalue weighted by Crippen LogP contribution is 2.19. The maximum atomic E-state index is 10.9. The molecule has 0 heterocycles. The van der Waals surface area contributed by atoms with E-state index in [4.69, 9.17) is 9.99 Å². The van der Waals surface area contributed by atoms with Crippen LogP contribution in [0, 0.1) is 0 Å². The van der Waals surface area contributed by atoms with Crippen LogP contribution in [-0.2, 0) is 14.4 Å². The highest BCUT2D eigenvalue weighted by atomic mass is 17.1. The number of ether oxygens (including phenoxy) is 1. The van der Waals surface area contributed by atoms with Crippen molar-refractivity contribution in [2.75, 3.05) is 0 Å². The maximum Gasteiger partial charge on any atom is 0.303 e. The minimum Gasteiger partial charge on any atom is -0.455 e. The van der Waals surface area contributed by atoms with Gasteiger partial charge in [-0.3, -0.25) is 10.1 Å². The predicted octanol–water partition coefficient (Wildman–Crippen LogP) is 2.71. The van der Waals surface area contributed by atoms with Crippen molar-refractivity contribution in [3.63, 3.8) is 0 Å². The number of rotatable bonds is 6. The van der Waals surface area contributed by atoms with Gasteiger partial charge in [-0.25, -0.2) is 4.89 Å². The number of esters is 1. The van der Waals surface area contributed by atoms with E-state index in [1.54, 1.807) is 39.0 Å². The molecular weight excluding hydrogens is 208 g/mol. The third-order valence-corrected chi connectivity index (χ3v) is 2.09. The maximum absolute atomic E-state index is 10.9. The molecule has 0 aromatic heterocycles. The topological polar surface area (TPSA) is 55.8 Å².